The van der Waals surface area contributed by atoms with Gasteiger partial charge in [-0.15, -0.1) is 0 Å². The molecular weight excluding hydrogens is 321 g/mol. The molecule has 1 heterocycles. The van der Waals surface area contributed by atoms with Gasteiger partial charge < -0.3 is 15.6 Å². The smallest absolute Gasteiger partial charge is 0.261 e. The maximum Gasteiger partial charge on any atom is 0.261 e. The molecule has 3 rings (SSSR count). The second-order valence-corrected chi connectivity index (χ2v) is 6.67. The van der Waals surface area contributed by atoms with E-state index in [1.807, 2.05) is 13.8 Å². The summed E-state index contributed by atoms with van der Waals surface area (Å²) in [7, 11) is 0. The molecule has 5 nitrogen and oxygen atoms in total. The van der Waals surface area contributed by atoms with Crippen LogP contribution in [-0.4, -0.2) is 16.9 Å². The number of hydrogen-bond acceptors (Lipinski definition) is 3. The SMILES string of the molecule is CC(C)NC(=O)c1cc2c([nH]c1=O)CCC[C@@H]2Nc1ccc(F)cc1. The van der Waals surface area contributed by atoms with E-state index in [-0.39, 0.29) is 34.9 Å². The Balaban J connectivity index is 1.92. The average Bonchev–Trinajstić information content (AvgIpc) is 2.56. The second kappa shape index (κ2) is 7.09. The molecule has 25 heavy (non-hydrogen) atoms. The fraction of sp³-hybridized carbons (Fsp3) is 0.368. The van der Waals surface area contributed by atoms with Crippen molar-refractivity contribution in [3.63, 3.8) is 0 Å². The van der Waals surface area contributed by atoms with Crippen LogP contribution in [-0.2, 0) is 6.42 Å². The summed E-state index contributed by atoms with van der Waals surface area (Å²) in [6.07, 6.45) is 2.58. The van der Waals surface area contributed by atoms with E-state index in [4.69, 9.17) is 0 Å². The molecule has 1 aliphatic rings. The Labute approximate surface area is 145 Å². The van der Waals surface area contributed by atoms with Crippen molar-refractivity contribution in [2.24, 2.45) is 0 Å². The van der Waals surface area contributed by atoms with Crippen LogP contribution >= 0.6 is 0 Å². The van der Waals surface area contributed by atoms with Crippen LogP contribution in [0.25, 0.3) is 0 Å². The van der Waals surface area contributed by atoms with Crippen LogP contribution in [0, 0.1) is 5.82 Å². The summed E-state index contributed by atoms with van der Waals surface area (Å²) in [5, 5.41) is 6.13. The van der Waals surface area contributed by atoms with Crippen molar-refractivity contribution in [3.8, 4) is 0 Å². The molecule has 0 spiro atoms. The van der Waals surface area contributed by atoms with Crippen LogP contribution < -0.4 is 16.2 Å². The Morgan fingerprint density at radius 2 is 2.00 bits per heavy atom. The van der Waals surface area contributed by atoms with E-state index < -0.39 is 0 Å². The number of H-pyrrole nitrogens is 1. The number of aromatic amines is 1. The lowest BCUT2D eigenvalue weighted by atomic mass is 9.90. The molecule has 1 aromatic carbocycles. The Hall–Kier alpha value is -2.63. The first kappa shape index (κ1) is 17.2. The Morgan fingerprint density at radius 3 is 2.68 bits per heavy atom. The molecule has 0 bridgehead atoms. The molecular formula is C19H22FN3O2. The highest BCUT2D eigenvalue weighted by Gasteiger charge is 2.24. The lowest BCUT2D eigenvalue weighted by Gasteiger charge is -2.27. The molecule has 2 aromatic rings. The lowest BCUT2D eigenvalue weighted by Crippen LogP contribution is -2.35. The molecule has 3 N–H and O–H groups in total. The Kier molecular flexibility index (Phi) is 4.88. The zero-order chi connectivity index (χ0) is 18.0. The molecule has 0 unspecified atom stereocenters. The number of anilines is 1. The van der Waals surface area contributed by atoms with Gasteiger partial charge in [-0.2, -0.15) is 0 Å². The maximum atomic E-state index is 13.1. The normalized spacial score (nSPS) is 16.4. The van der Waals surface area contributed by atoms with E-state index in [0.29, 0.717) is 0 Å². The van der Waals surface area contributed by atoms with Gasteiger partial charge in [0.15, 0.2) is 0 Å². The van der Waals surface area contributed by atoms with Gasteiger partial charge in [0, 0.05) is 17.4 Å². The topological polar surface area (TPSA) is 74.0 Å². The van der Waals surface area contributed by atoms with Crippen LogP contribution in [0.1, 0.15) is 54.3 Å². The fourth-order valence-electron chi connectivity index (χ4n) is 3.15. The minimum absolute atomic E-state index is 0.0309. The Bertz CT molecular complexity index is 828. The molecule has 1 atom stereocenters. The van der Waals surface area contributed by atoms with Gasteiger partial charge in [-0.05, 0) is 69.0 Å². The third kappa shape index (κ3) is 3.90. The van der Waals surface area contributed by atoms with E-state index in [1.54, 1.807) is 18.2 Å². The van der Waals surface area contributed by atoms with Gasteiger partial charge in [0.25, 0.3) is 11.5 Å². The van der Waals surface area contributed by atoms with Crippen LogP contribution in [0.3, 0.4) is 0 Å². The highest BCUT2D eigenvalue weighted by molar-refractivity contribution is 5.94. The zero-order valence-electron chi connectivity index (χ0n) is 14.4. The van der Waals surface area contributed by atoms with Crippen molar-refractivity contribution in [3.05, 3.63) is 63.3 Å². The highest BCUT2D eigenvalue weighted by Crippen LogP contribution is 2.31. The summed E-state index contributed by atoms with van der Waals surface area (Å²) < 4.78 is 13.1. The van der Waals surface area contributed by atoms with Gasteiger partial charge in [-0.3, -0.25) is 9.59 Å². The number of aryl methyl sites for hydroxylation is 1. The average molecular weight is 343 g/mol. The molecule has 0 aliphatic heterocycles. The van der Waals surface area contributed by atoms with Crippen LogP contribution in [0.2, 0.25) is 0 Å². The highest BCUT2D eigenvalue weighted by atomic mass is 19.1. The number of amides is 1. The molecule has 1 aliphatic carbocycles. The summed E-state index contributed by atoms with van der Waals surface area (Å²) in [4.78, 5) is 27.4. The molecule has 0 saturated heterocycles. The molecule has 132 valence electrons. The summed E-state index contributed by atoms with van der Waals surface area (Å²) in [5.74, 6) is -0.656. The number of carbonyl (C=O) groups excluding carboxylic acids is 1. The number of aromatic nitrogens is 1. The number of fused-ring (bicyclic) bond motifs is 1. The zero-order valence-corrected chi connectivity index (χ0v) is 14.4. The number of carbonyl (C=O) groups is 1. The molecule has 1 aromatic heterocycles. The number of benzene rings is 1. The fourth-order valence-corrected chi connectivity index (χ4v) is 3.15. The van der Waals surface area contributed by atoms with E-state index >= 15 is 0 Å². The summed E-state index contributed by atoms with van der Waals surface area (Å²) in [6.45, 7) is 3.70. The molecule has 1 amide bonds. The van der Waals surface area contributed by atoms with E-state index in [2.05, 4.69) is 15.6 Å². The quantitative estimate of drug-likeness (QED) is 0.798. The van der Waals surface area contributed by atoms with Gasteiger partial charge in [-0.25, -0.2) is 4.39 Å². The van der Waals surface area contributed by atoms with Gasteiger partial charge in [-0.1, -0.05) is 0 Å². The van der Waals surface area contributed by atoms with Gasteiger partial charge in [0.1, 0.15) is 11.4 Å². The molecule has 0 radical (unpaired) electrons. The van der Waals surface area contributed by atoms with Crippen molar-refractivity contribution >= 4 is 11.6 Å². The third-order valence-electron chi connectivity index (χ3n) is 4.30. The van der Waals surface area contributed by atoms with Gasteiger partial charge >= 0.3 is 0 Å². The van der Waals surface area contributed by atoms with E-state index in [1.165, 1.54) is 12.1 Å². The minimum Gasteiger partial charge on any atom is -0.378 e. The van der Waals surface area contributed by atoms with Crippen molar-refractivity contribution in [1.82, 2.24) is 10.3 Å². The van der Waals surface area contributed by atoms with E-state index in [9.17, 15) is 14.0 Å². The van der Waals surface area contributed by atoms with Crippen molar-refractivity contribution in [2.75, 3.05) is 5.32 Å². The van der Waals surface area contributed by atoms with Crippen LogP contribution in [0.4, 0.5) is 10.1 Å². The van der Waals surface area contributed by atoms with Crippen LogP contribution in [0.5, 0.6) is 0 Å². The first-order valence-electron chi connectivity index (χ1n) is 8.53. The standard InChI is InChI=1S/C19H22FN3O2/c1-11(2)21-18(24)15-10-14-16(4-3-5-17(14)23-19(15)25)22-13-8-6-12(20)7-9-13/h6-11,16,22H,3-5H2,1-2H3,(H,21,24)(H,23,25)/t16-/m0/s1. The summed E-state index contributed by atoms with van der Waals surface area (Å²) in [5.41, 5.74) is 2.35. The van der Waals surface area contributed by atoms with Gasteiger partial charge in [0.05, 0.1) is 6.04 Å². The summed E-state index contributed by atoms with van der Waals surface area (Å²) >= 11 is 0. The van der Waals surface area contributed by atoms with Crippen molar-refractivity contribution in [2.45, 2.75) is 45.2 Å². The van der Waals surface area contributed by atoms with Crippen LogP contribution in [0.15, 0.2) is 35.1 Å². The monoisotopic (exact) mass is 343 g/mol. The summed E-state index contributed by atoms with van der Waals surface area (Å²) in [6, 6.07) is 7.78. The number of pyridine rings is 1. The predicted octanol–water partition coefficient (Wildman–Crippen LogP) is 3.14. The number of hydrogen-bond donors (Lipinski definition) is 3. The maximum absolute atomic E-state index is 13.1. The van der Waals surface area contributed by atoms with Crippen molar-refractivity contribution in [1.29, 1.82) is 0 Å². The Morgan fingerprint density at radius 1 is 1.28 bits per heavy atom. The molecule has 6 heteroatoms. The number of rotatable bonds is 4. The first-order valence-corrected chi connectivity index (χ1v) is 8.53. The third-order valence-corrected chi connectivity index (χ3v) is 4.30. The predicted molar refractivity (Wildman–Crippen MR) is 95.4 cm³/mol. The first-order chi connectivity index (χ1) is 11.9. The molecule has 0 saturated carbocycles. The van der Waals surface area contributed by atoms with Crippen molar-refractivity contribution < 1.29 is 9.18 Å². The second-order valence-electron chi connectivity index (χ2n) is 6.67. The molecule has 0 fully saturated rings. The number of nitrogens with one attached hydrogen (secondary N) is 3. The largest absolute Gasteiger partial charge is 0.378 e. The van der Waals surface area contributed by atoms with Gasteiger partial charge in [0.2, 0.25) is 0 Å². The number of halogens is 1. The van der Waals surface area contributed by atoms with E-state index in [0.717, 1.165) is 36.2 Å². The minimum atomic E-state index is -0.370. The lowest BCUT2D eigenvalue weighted by molar-refractivity contribution is 0.0941.